The number of carbonyl (C=O) groups excluding carboxylic acids is 1. The fourth-order valence-corrected chi connectivity index (χ4v) is 1.86. The van der Waals surface area contributed by atoms with Crippen molar-refractivity contribution in [3.05, 3.63) is 54.1 Å². The van der Waals surface area contributed by atoms with Gasteiger partial charge in [-0.1, -0.05) is 48.5 Å². The largest absolute Gasteiger partial charge is 0.545 e. The molecule has 0 aliphatic rings. The molecule has 0 spiro atoms. The molecule has 2 aromatic rings. The quantitative estimate of drug-likeness (QED) is 0.879. The first kappa shape index (κ1) is 13.9. The van der Waals surface area contributed by atoms with E-state index in [9.17, 15) is 23.1 Å². The van der Waals surface area contributed by atoms with Crippen molar-refractivity contribution in [2.75, 3.05) is 5.32 Å². The fraction of sp³-hybridized carbons (Fsp3) is 0.0714. The normalized spacial score (nSPS) is 11.2. The lowest BCUT2D eigenvalue weighted by Crippen LogP contribution is -2.27. The Morgan fingerprint density at radius 1 is 1.00 bits per heavy atom. The molecule has 0 atom stereocenters. The number of halogens is 3. The van der Waals surface area contributed by atoms with Gasteiger partial charge in [0.1, 0.15) is 0 Å². The predicted molar refractivity (Wildman–Crippen MR) is 65.9 cm³/mol. The third kappa shape index (κ3) is 3.09. The van der Waals surface area contributed by atoms with Gasteiger partial charge in [0.05, 0.1) is 11.7 Å². The van der Waals surface area contributed by atoms with Crippen LogP contribution in [0.1, 0.15) is 10.4 Å². The maximum Gasteiger partial charge on any atom is 0.482 e. The molecule has 0 saturated heterocycles. The van der Waals surface area contributed by atoms with Crippen LogP contribution < -0.4 is 10.4 Å². The molecule has 0 bridgehead atoms. The number of carbonyl (C=O) groups is 1. The highest BCUT2D eigenvalue weighted by Gasteiger charge is 2.29. The average molecular weight is 280 g/mol. The number of aromatic carboxylic acids is 1. The van der Waals surface area contributed by atoms with Gasteiger partial charge in [0.2, 0.25) is 0 Å². The van der Waals surface area contributed by atoms with E-state index < -0.39 is 23.5 Å². The van der Waals surface area contributed by atoms with Crippen LogP contribution in [0, 0.1) is 0 Å². The van der Waals surface area contributed by atoms with Gasteiger partial charge in [0, 0.05) is 11.1 Å². The molecule has 3 nitrogen and oxygen atoms in total. The zero-order valence-corrected chi connectivity index (χ0v) is 10.1. The Balaban J connectivity index is 2.62. The van der Waals surface area contributed by atoms with Gasteiger partial charge in [-0.05, 0) is 5.56 Å². The number of alkyl halides is 3. The van der Waals surface area contributed by atoms with E-state index in [1.807, 2.05) is 0 Å². The molecule has 2 aromatic carbocycles. The smallest absolute Gasteiger partial charge is 0.482 e. The number of hydrogen-bond donors (Lipinski definition) is 1. The molecule has 104 valence electrons. The summed E-state index contributed by atoms with van der Waals surface area (Å²) in [5.74, 6) is -1.67. The van der Waals surface area contributed by atoms with Gasteiger partial charge in [0.15, 0.2) is 0 Å². The van der Waals surface area contributed by atoms with Crippen molar-refractivity contribution in [3.8, 4) is 11.1 Å². The Morgan fingerprint density at radius 3 is 2.20 bits per heavy atom. The summed E-state index contributed by atoms with van der Waals surface area (Å²) in [7, 11) is 0. The summed E-state index contributed by atoms with van der Waals surface area (Å²) in [6, 6.07) is 12.0. The topological polar surface area (TPSA) is 52.2 Å². The van der Waals surface area contributed by atoms with E-state index in [-0.39, 0.29) is 5.56 Å². The first-order valence-electron chi connectivity index (χ1n) is 5.63. The van der Waals surface area contributed by atoms with Crippen LogP contribution in [0.2, 0.25) is 0 Å². The number of nitrogens with one attached hydrogen (secondary N) is 1. The van der Waals surface area contributed by atoms with Crippen LogP contribution in [0.25, 0.3) is 11.1 Å². The van der Waals surface area contributed by atoms with E-state index in [0.29, 0.717) is 5.56 Å². The molecule has 6 heteroatoms. The summed E-state index contributed by atoms with van der Waals surface area (Å²) in [6.45, 7) is 0. The molecule has 0 radical (unpaired) electrons. The zero-order chi connectivity index (χ0) is 14.8. The fourth-order valence-electron chi connectivity index (χ4n) is 1.86. The van der Waals surface area contributed by atoms with Crippen molar-refractivity contribution in [3.63, 3.8) is 0 Å². The lowest BCUT2D eigenvalue weighted by atomic mass is 10.00. The molecule has 0 unspecified atom stereocenters. The van der Waals surface area contributed by atoms with E-state index >= 15 is 0 Å². The van der Waals surface area contributed by atoms with E-state index in [2.05, 4.69) is 0 Å². The molecular weight excluding hydrogens is 271 g/mol. The Hall–Kier alpha value is -2.50. The Bertz CT molecular complexity index is 624. The maximum absolute atomic E-state index is 12.6. The summed E-state index contributed by atoms with van der Waals surface area (Å²) in [4.78, 5) is 11.0. The third-order valence-corrected chi connectivity index (χ3v) is 2.64. The molecule has 1 N–H and O–H groups in total. The van der Waals surface area contributed by atoms with Gasteiger partial charge in [-0.3, -0.25) is 5.32 Å². The van der Waals surface area contributed by atoms with Crippen molar-refractivity contribution in [1.82, 2.24) is 0 Å². The van der Waals surface area contributed by atoms with Gasteiger partial charge >= 0.3 is 6.30 Å². The number of rotatable bonds is 3. The van der Waals surface area contributed by atoms with Gasteiger partial charge in [-0.15, -0.1) is 0 Å². The van der Waals surface area contributed by atoms with Crippen LogP contribution in [0.4, 0.5) is 18.9 Å². The van der Waals surface area contributed by atoms with Gasteiger partial charge in [-0.2, -0.15) is 13.2 Å². The van der Waals surface area contributed by atoms with E-state index in [4.69, 9.17) is 0 Å². The molecule has 0 aliphatic heterocycles. The number of carboxylic acids is 1. The average Bonchev–Trinajstić information content (AvgIpc) is 2.38. The number of carboxylic acid groups (broad SMARTS) is 1. The van der Waals surface area contributed by atoms with Gasteiger partial charge in [-0.25, -0.2) is 0 Å². The number of benzene rings is 2. The minimum absolute atomic E-state index is 0.143. The zero-order valence-electron chi connectivity index (χ0n) is 10.1. The number of anilines is 1. The monoisotopic (exact) mass is 280 g/mol. The highest BCUT2D eigenvalue weighted by molar-refractivity contribution is 5.98. The molecular formula is C14H9F3NO2-. The number of para-hydroxylation sites is 1. The molecule has 0 heterocycles. The lowest BCUT2D eigenvalue weighted by Gasteiger charge is -2.19. The van der Waals surface area contributed by atoms with Crippen molar-refractivity contribution < 1.29 is 23.1 Å². The van der Waals surface area contributed by atoms with E-state index in [1.165, 1.54) is 17.4 Å². The van der Waals surface area contributed by atoms with E-state index in [0.717, 1.165) is 6.07 Å². The molecule has 0 fully saturated rings. The van der Waals surface area contributed by atoms with Gasteiger partial charge < -0.3 is 9.90 Å². The Morgan fingerprint density at radius 2 is 1.65 bits per heavy atom. The lowest BCUT2D eigenvalue weighted by molar-refractivity contribution is -0.254. The van der Waals surface area contributed by atoms with Crippen LogP contribution >= 0.6 is 0 Å². The second-order valence-corrected chi connectivity index (χ2v) is 4.00. The van der Waals surface area contributed by atoms with Crippen molar-refractivity contribution in [1.29, 1.82) is 0 Å². The first-order chi connectivity index (χ1) is 9.38. The second-order valence-electron chi connectivity index (χ2n) is 4.00. The van der Waals surface area contributed by atoms with Crippen LogP contribution in [-0.2, 0) is 0 Å². The SMILES string of the molecule is O=C([O-])c1cccc(-c2ccccc2)c1NC(F)(F)F. The summed E-state index contributed by atoms with van der Waals surface area (Å²) >= 11 is 0. The maximum atomic E-state index is 12.6. The highest BCUT2D eigenvalue weighted by atomic mass is 19.4. The number of hydrogen-bond acceptors (Lipinski definition) is 3. The van der Waals surface area contributed by atoms with Crippen molar-refractivity contribution >= 4 is 11.7 Å². The first-order valence-corrected chi connectivity index (χ1v) is 5.63. The molecule has 0 aliphatic carbocycles. The molecule has 20 heavy (non-hydrogen) atoms. The second kappa shape index (κ2) is 5.24. The molecule has 0 aromatic heterocycles. The summed E-state index contributed by atoms with van der Waals surface area (Å²) < 4.78 is 37.7. The Kier molecular flexibility index (Phi) is 3.65. The molecule has 0 amide bonds. The Labute approximate surface area is 112 Å². The molecule has 2 rings (SSSR count). The van der Waals surface area contributed by atoms with E-state index in [1.54, 1.807) is 30.3 Å². The molecule has 0 saturated carbocycles. The third-order valence-electron chi connectivity index (χ3n) is 2.64. The van der Waals surface area contributed by atoms with Crippen LogP contribution in [0.3, 0.4) is 0 Å². The minimum atomic E-state index is -4.74. The van der Waals surface area contributed by atoms with Crippen LogP contribution in [-0.4, -0.2) is 12.3 Å². The minimum Gasteiger partial charge on any atom is -0.545 e. The van der Waals surface area contributed by atoms with Crippen molar-refractivity contribution in [2.45, 2.75) is 6.30 Å². The highest BCUT2D eigenvalue weighted by Crippen LogP contribution is 2.33. The summed E-state index contributed by atoms with van der Waals surface area (Å²) in [5.41, 5.74) is -0.443. The van der Waals surface area contributed by atoms with Crippen molar-refractivity contribution in [2.24, 2.45) is 0 Å². The van der Waals surface area contributed by atoms with Crippen LogP contribution in [0.5, 0.6) is 0 Å². The predicted octanol–water partition coefficient (Wildman–Crippen LogP) is 2.65. The van der Waals surface area contributed by atoms with Gasteiger partial charge in [0.25, 0.3) is 0 Å². The standard InChI is InChI=1S/C14H10F3NO2/c15-14(16,17)18-12-10(9-5-2-1-3-6-9)7-4-8-11(12)13(19)20/h1-8,18H,(H,19,20)/p-1. The summed E-state index contributed by atoms with van der Waals surface area (Å²) in [6.07, 6.45) is -4.74. The van der Waals surface area contributed by atoms with Crippen LogP contribution in [0.15, 0.2) is 48.5 Å². The summed E-state index contributed by atoms with van der Waals surface area (Å²) in [5, 5.41) is 12.3.